The van der Waals surface area contributed by atoms with Crippen LogP contribution >= 0.6 is 22.6 Å². The van der Waals surface area contributed by atoms with E-state index in [4.69, 9.17) is 4.74 Å². The highest BCUT2D eigenvalue weighted by atomic mass is 127. The molecule has 4 aromatic rings. The molecule has 0 saturated heterocycles. The number of aromatic amines is 1. The van der Waals surface area contributed by atoms with Gasteiger partial charge in [0.15, 0.2) is 0 Å². The average molecular weight is 439 g/mol. The Labute approximate surface area is 159 Å². The first-order valence-electron chi connectivity index (χ1n) is 7.78. The fourth-order valence-electron chi connectivity index (χ4n) is 2.56. The summed E-state index contributed by atoms with van der Waals surface area (Å²) in [7, 11) is 0. The zero-order valence-electron chi connectivity index (χ0n) is 13.2. The molecule has 4 nitrogen and oxygen atoms in total. The van der Waals surface area contributed by atoms with Crippen molar-refractivity contribution in [3.8, 4) is 34.0 Å². The van der Waals surface area contributed by atoms with Crippen molar-refractivity contribution in [3.05, 3.63) is 82.7 Å². The number of ether oxygens (including phenoxy) is 1. The molecule has 0 radical (unpaired) electrons. The molecule has 0 amide bonds. The first-order valence-corrected chi connectivity index (χ1v) is 8.86. The molecule has 1 N–H and O–H groups in total. The molecule has 25 heavy (non-hydrogen) atoms. The van der Waals surface area contributed by atoms with Gasteiger partial charge in [-0.1, -0.05) is 18.2 Å². The third-order valence-electron chi connectivity index (χ3n) is 3.74. The van der Waals surface area contributed by atoms with Crippen LogP contribution in [0.15, 0.2) is 79.1 Å². The first kappa shape index (κ1) is 15.8. The summed E-state index contributed by atoms with van der Waals surface area (Å²) in [6, 6.07) is 21.8. The van der Waals surface area contributed by atoms with Gasteiger partial charge < -0.3 is 4.74 Å². The fourth-order valence-corrected chi connectivity index (χ4v) is 3.07. The Kier molecular flexibility index (Phi) is 4.47. The molecule has 0 bridgehead atoms. The third kappa shape index (κ3) is 3.56. The predicted molar refractivity (Wildman–Crippen MR) is 106 cm³/mol. The fraction of sp³-hybridized carbons (Fsp3) is 0. The van der Waals surface area contributed by atoms with Crippen LogP contribution in [0.2, 0.25) is 0 Å². The van der Waals surface area contributed by atoms with Crippen molar-refractivity contribution in [2.75, 3.05) is 0 Å². The summed E-state index contributed by atoms with van der Waals surface area (Å²) in [5, 5.41) is 7.50. The van der Waals surface area contributed by atoms with Crippen LogP contribution in [0.4, 0.5) is 0 Å². The van der Waals surface area contributed by atoms with Gasteiger partial charge >= 0.3 is 0 Å². The van der Waals surface area contributed by atoms with Crippen LogP contribution in [0.1, 0.15) is 0 Å². The van der Waals surface area contributed by atoms with Crippen LogP contribution in [0.25, 0.3) is 22.5 Å². The van der Waals surface area contributed by atoms with E-state index in [0.29, 0.717) is 0 Å². The zero-order valence-corrected chi connectivity index (χ0v) is 15.3. The van der Waals surface area contributed by atoms with Gasteiger partial charge in [0.1, 0.15) is 11.5 Å². The smallest absolute Gasteiger partial charge is 0.136 e. The number of H-pyrrole nitrogens is 1. The SMILES string of the molecule is Ic1cccc(Oc2ccccc2-c2cc(-c3cccnc3)n[nH]2)c1. The Morgan fingerprint density at radius 2 is 1.84 bits per heavy atom. The first-order chi connectivity index (χ1) is 12.3. The molecule has 2 aromatic carbocycles. The van der Waals surface area contributed by atoms with Crippen molar-refractivity contribution in [1.29, 1.82) is 0 Å². The van der Waals surface area contributed by atoms with Gasteiger partial charge in [-0.15, -0.1) is 0 Å². The molecule has 122 valence electrons. The van der Waals surface area contributed by atoms with E-state index in [1.165, 1.54) is 0 Å². The van der Waals surface area contributed by atoms with E-state index >= 15 is 0 Å². The third-order valence-corrected chi connectivity index (χ3v) is 4.41. The molecule has 0 aliphatic heterocycles. The van der Waals surface area contributed by atoms with Gasteiger partial charge in [-0.05, 0) is 71.1 Å². The van der Waals surface area contributed by atoms with Crippen LogP contribution in [0.5, 0.6) is 11.5 Å². The van der Waals surface area contributed by atoms with E-state index in [1.807, 2.05) is 66.7 Å². The summed E-state index contributed by atoms with van der Waals surface area (Å²) in [6.45, 7) is 0. The quantitative estimate of drug-likeness (QED) is 0.425. The normalized spacial score (nSPS) is 10.6. The van der Waals surface area contributed by atoms with Crippen molar-refractivity contribution in [1.82, 2.24) is 15.2 Å². The molecule has 0 unspecified atom stereocenters. The van der Waals surface area contributed by atoms with Gasteiger partial charge in [-0.25, -0.2) is 0 Å². The minimum absolute atomic E-state index is 0.783. The van der Waals surface area contributed by atoms with E-state index in [2.05, 4.69) is 37.8 Å². The van der Waals surface area contributed by atoms with Gasteiger partial charge in [0.25, 0.3) is 0 Å². The van der Waals surface area contributed by atoms with Gasteiger partial charge in [0.05, 0.1) is 11.4 Å². The summed E-state index contributed by atoms with van der Waals surface area (Å²) >= 11 is 2.28. The van der Waals surface area contributed by atoms with Crippen molar-refractivity contribution in [2.24, 2.45) is 0 Å². The maximum atomic E-state index is 6.09. The molecule has 5 heteroatoms. The lowest BCUT2D eigenvalue weighted by molar-refractivity contribution is 0.484. The minimum Gasteiger partial charge on any atom is -0.457 e. The number of hydrogen-bond acceptors (Lipinski definition) is 3. The monoisotopic (exact) mass is 439 g/mol. The van der Waals surface area contributed by atoms with Crippen LogP contribution in [0, 0.1) is 3.57 Å². The summed E-state index contributed by atoms with van der Waals surface area (Å²) < 4.78 is 7.23. The number of halogens is 1. The predicted octanol–water partition coefficient (Wildman–Crippen LogP) is 5.54. The van der Waals surface area contributed by atoms with Crippen molar-refractivity contribution < 1.29 is 4.74 Å². The topological polar surface area (TPSA) is 50.8 Å². The number of para-hydroxylation sites is 1. The van der Waals surface area contributed by atoms with Gasteiger partial charge in [0.2, 0.25) is 0 Å². The summed E-state index contributed by atoms with van der Waals surface area (Å²) in [6.07, 6.45) is 3.55. The van der Waals surface area contributed by atoms with Crippen molar-refractivity contribution in [3.63, 3.8) is 0 Å². The lowest BCUT2D eigenvalue weighted by Crippen LogP contribution is -1.88. The number of aromatic nitrogens is 3. The van der Waals surface area contributed by atoms with Crippen LogP contribution in [-0.4, -0.2) is 15.2 Å². The molecular weight excluding hydrogens is 425 g/mol. The Hall–Kier alpha value is -2.67. The molecule has 2 aromatic heterocycles. The molecule has 0 atom stereocenters. The minimum atomic E-state index is 0.783. The molecule has 0 aliphatic carbocycles. The lowest BCUT2D eigenvalue weighted by atomic mass is 10.1. The molecule has 0 aliphatic rings. The Morgan fingerprint density at radius 1 is 0.920 bits per heavy atom. The second-order valence-corrected chi connectivity index (χ2v) is 6.71. The van der Waals surface area contributed by atoms with Gasteiger partial charge in [-0.3, -0.25) is 10.1 Å². The van der Waals surface area contributed by atoms with Gasteiger partial charge in [-0.2, -0.15) is 5.10 Å². The van der Waals surface area contributed by atoms with E-state index in [0.717, 1.165) is 37.6 Å². The van der Waals surface area contributed by atoms with Gasteiger partial charge in [0, 0.05) is 27.1 Å². The summed E-state index contributed by atoms with van der Waals surface area (Å²) in [5.74, 6) is 1.59. The van der Waals surface area contributed by atoms with Crippen LogP contribution in [0.3, 0.4) is 0 Å². The average Bonchev–Trinajstić information content (AvgIpc) is 3.13. The molecule has 0 spiro atoms. The molecular formula is C20H14IN3O. The summed E-state index contributed by atoms with van der Waals surface area (Å²) in [4.78, 5) is 4.15. The maximum Gasteiger partial charge on any atom is 0.136 e. The Balaban J connectivity index is 1.69. The Morgan fingerprint density at radius 3 is 2.68 bits per heavy atom. The van der Waals surface area contributed by atoms with Crippen LogP contribution < -0.4 is 4.74 Å². The van der Waals surface area contributed by atoms with E-state index in [1.54, 1.807) is 12.4 Å². The molecule has 0 fully saturated rings. The number of nitrogens with one attached hydrogen (secondary N) is 1. The number of benzene rings is 2. The second-order valence-electron chi connectivity index (χ2n) is 5.46. The molecule has 0 saturated carbocycles. The molecule has 2 heterocycles. The standard InChI is InChI=1S/C20H14IN3O/c21-15-6-3-7-16(11-15)25-20-9-2-1-8-17(20)19-12-18(23-24-19)14-5-4-10-22-13-14/h1-13H,(H,23,24). The lowest BCUT2D eigenvalue weighted by Gasteiger charge is -2.10. The number of nitrogens with zero attached hydrogens (tertiary/aromatic N) is 2. The highest BCUT2D eigenvalue weighted by molar-refractivity contribution is 14.1. The van der Waals surface area contributed by atoms with E-state index in [-0.39, 0.29) is 0 Å². The van der Waals surface area contributed by atoms with Crippen molar-refractivity contribution >= 4 is 22.6 Å². The van der Waals surface area contributed by atoms with E-state index < -0.39 is 0 Å². The molecule has 4 rings (SSSR count). The van der Waals surface area contributed by atoms with Crippen molar-refractivity contribution in [2.45, 2.75) is 0 Å². The largest absolute Gasteiger partial charge is 0.457 e. The zero-order chi connectivity index (χ0) is 17.1. The number of hydrogen-bond donors (Lipinski definition) is 1. The summed E-state index contributed by atoms with van der Waals surface area (Å²) in [5.41, 5.74) is 3.69. The van der Waals surface area contributed by atoms with Crippen LogP contribution in [-0.2, 0) is 0 Å². The highest BCUT2D eigenvalue weighted by Gasteiger charge is 2.11. The number of rotatable bonds is 4. The van der Waals surface area contributed by atoms with E-state index in [9.17, 15) is 0 Å². The highest BCUT2D eigenvalue weighted by Crippen LogP contribution is 2.34. The Bertz CT molecular complexity index is 999. The number of pyridine rings is 1. The maximum absolute atomic E-state index is 6.09. The second kappa shape index (κ2) is 7.06.